The zero-order valence-electron chi connectivity index (χ0n) is 11.4. The van der Waals surface area contributed by atoms with Crippen LogP contribution in [0.2, 0.25) is 5.02 Å². The van der Waals surface area contributed by atoms with Crippen LogP contribution in [0.1, 0.15) is 17.2 Å². The van der Waals surface area contributed by atoms with Crippen molar-refractivity contribution >= 4 is 11.6 Å². The highest BCUT2D eigenvalue weighted by Crippen LogP contribution is 2.38. The van der Waals surface area contributed by atoms with E-state index in [-0.39, 0.29) is 6.04 Å². The van der Waals surface area contributed by atoms with Crippen LogP contribution in [-0.4, -0.2) is 14.2 Å². The molecule has 2 rings (SSSR count). The molecule has 0 saturated carbocycles. The Morgan fingerprint density at radius 3 is 2.30 bits per heavy atom. The Morgan fingerprint density at radius 1 is 1.05 bits per heavy atom. The van der Waals surface area contributed by atoms with E-state index in [1.165, 1.54) is 0 Å². The quantitative estimate of drug-likeness (QED) is 0.657. The Morgan fingerprint density at radius 2 is 1.75 bits per heavy atom. The second-order valence-electron chi connectivity index (χ2n) is 4.25. The summed E-state index contributed by atoms with van der Waals surface area (Å²) in [6, 6.07) is 13.4. The Bertz CT molecular complexity index is 576. The molecule has 0 aromatic heterocycles. The number of hydrogen-bond acceptors (Lipinski definition) is 4. The first-order valence-electron chi connectivity index (χ1n) is 6.13. The number of halogens is 1. The Balaban J connectivity index is 2.48. The van der Waals surface area contributed by atoms with Gasteiger partial charge in [-0.25, -0.2) is 5.43 Å². The Labute approximate surface area is 123 Å². The molecule has 0 radical (unpaired) electrons. The molecule has 0 aliphatic carbocycles. The van der Waals surface area contributed by atoms with Gasteiger partial charge in [-0.3, -0.25) is 5.84 Å². The number of hydrogen-bond donors (Lipinski definition) is 2. The van der Waals surface area contributed by atoms with Gasteiger partial charge in [-0.1, -0.05) is 41.9 Å². The molecule has 4 nitrogen and oxygen atoms in total. The van der Waals surface area contributed by atoms with Crippen molar-refractivity contribution in [2.75, 3.05) is 14.2 Å². The molecule has 20 heavy (non-hydrogen) atoms. The molecule has 5 heteroatoms. The van der Waals surface area contributed by atoms with E-state index < -0.39 is 0 Å². The summed E-state index contributed by atoms with van der Waals surface area (Å²) in [5.74, 6) is 6.77. The normalized spacial score (nSPS) is 12.0. The summed E-state index contributed by atoms with van der Waals surface area (Å²) in [5, 5.41) is 0.484. The molecule has 0 saturated heterocycles. The van der Waals surface area contributed by atoms with Crippen LogP contribution in [0.15, 0.2) is 42.5 Å². The van der Waals surface area contributed by atoms with E-state index in [2.05, 4.69) is 5.43 Å². The van der Waals surface area contributed by atoms with Gasteiger partial charge in [0.15, 0.2) is 11.5 Å². The van der Waals surface area contributed by atoms with Crippen LogP contribution in [0.25, 0.3) is 0 Å². The van der Waals surface area contributed by atoms with Crippen molar-refractivity contribution in [1.29, 1.82) is 0 Å². The molecule has 3 N–H and O–H groups in total. The van der Waals surface area contributed by atoms with Crippen LogP contribution in [-0.2, 0) is 0 Å². The minimum Gasteiger partial charge on any atom is -0.493 e. The largest absolute Gasteiger partial charge is 0.493 e. The maximum Gasteiger partial charge on any atom is 0.179 e. The zero-order valence-corrected chi connectivity index (χ0v) is 12.1. The van der Waals surface area contributed by atoms with Gasteiger partial charge >= 0.3 is 0 Å². The van der Waals surface area contributed by atoms with Crippen molar-refractivity contribution in [3.8, 4) is 11.5 Å². The van der Waals surface area contributed by atoms with E-state index >= 15 is 0 Å². The third-order valence-corrected chi connectivity index (χ3v) is 3.37. The molecular weight excluding hydrogens is 276 g/mol. The van der Waals surface area contributed by atoms with E-state index in [4.69, 9.17) is 26.9 Å². The summed E-state index contributed by atoms with van der Waals surface area (Å²) >= 11 is 6.23. The first kappa shape index (κ1) is 14.7. The van der Waals surface area contributed by atoms with Crippen molar-refractivity contribution in [3.05, 3.63) is 58.6 Å². The summed E-state index contributed by atoms with van der Waals surface area (Å²) in [4.78, 5) is 0. The van der Waals surface area contributed by atoms with Crippen molar-refractivity contribution in [2.45, 2.75) is 6.04 Å². The van der Waals surface area contributed by atoms with Crippen LogP contribution in [0.4, 0.5) is 0 Å². The molecule has 0 fully saturated rings. The first-order chi connectivity index (χ1) is 9.71. The molecule has 0 bridgehead atoms. The van der Waals surface area contributed by atoms with Gasteiger partial charge in [0.25, 0.3) is 0 Å². The number of methoxy groups -OCH3 is 2. The minimum atomic E-state index is -0.173. The summed E-state index contributed by atoms with van der Waals surface area (Å²) in [6.45, 7) is 0. The monoisotopic (exact) mass is 292 g/mol. The third-order valence-electron chi connectivity index (χ3n) is 3.09. The van der Waals surface area contributed by atoms with E-state index in [0.717, 1.165) is 11.1 Å². The van der Waals surface area contributed by atoms with Crippen molar-refractivity contribution < 1.29 is 9.47 Å². The summed E-state index contributed by atoms with van der Waals surface area (Å²) in [7, 11) is 3.13. The van der Waals surface area contributed by atoms with E-state index in [1.54, 1.807) is 14.2 Å². The van der Waals surface area contributed by atoms with Crippen molar-refractivity contribution in [3.63, 3.8) is 0 Å². The molecule has 0 amide bonds. The van der Waals surface area contributed by atoms with Gasteiger partial charge in [0, 0.05) is 0 Å². The van der Waals surface area contributed by atoms with Crippen LogP contribution in [0, 0.1) is 0 Å². The van der Waals surface area contributed by atoms with Gasteiger partial charge in [0.05, 0.1) is 25.3 Å². The van der Waals surface area contributed by atoms with Crippen LogP contribution in [0.3, 0.4) is 0 Å². The van der Waals surface area contributed by atoms with E-state index in [0.29, 0.717) is 16.5 Å². The molecule has 2 aromatic rings. The lowest BCUT2D eigenvalue weighted by atomic mass is 9.99. The van der Waals surface area contributed by atoms with Crippen LogP contribution >= 0.6 is 11.6 Å². The smallest absolute Gasteiger partial charge is 0.179 e. The van der Waals surface area contributed by atoms with Crippen molar-refractivity contribution in [2.24, 2.45) is 5.84 Å². The molecule has 106 valence electrons. The molecule has 1 unspecified atom stereocenters. The fourth-order valence-corrected chi connectivity index (χ4v) is 2.43. The van der Waals surface area contributed by atoms with Gasteiger partial charge < -0.3 is 9.47 Å². The predicted octanol–water partition coefficient (Wildman–Crippen LogP) is 2.91. The average molecular weight is 293 g/mol. The highest BCUT2D eigenvalue weighted by molar-refractivity contribution is 6.32. The molecule has 0 aliphatic rings. The summed E-state index contributed by atoms with van der Waals surface area (Å²) < 4.78 is 10.5. The molecule has 0 heterocycles. The third kappa shape index (κ3) is 2.88. The maximum atomic E-state index is 6.23. The lowest BCUT2D eigenvalue weighted by molar-refractivity contribution is 0.354. The SMILES string of the molecule is COc1cc(C(NN)c2ccccc2)cc(Cl)c1OC. The molecule has 2 aromatic carbocycles. The van der Waals surface area contributed by atoms with Gasteiger partial charge in [0.1, 0.15) is 0 Å². The minimum absolute atomic E-state index is 0.173. The van der Waals surface area contributed by atoms with Crippen LogP contribution < -0.4 is 20.7 Å². The number of benzene rings is 2. The standard InChI is InChI=1S/C15H17ClN2O2/c1-19-13-9-11(8-12(16)15(13)20-2)14(18-17)10-6-4-3-5-7-10/h3-9,14,18H,17H2,1-2H3. The van der Waals surface area contributed by atoms with Gasteiger partial charge in [0.2, 0.25) is 0 Å². The fourth-order valence-electron chi connectivity index (χ4n) is 2.13. The molecule has 0 aliphatic heterocycles. The Hall–Kier alpha value is -1.75. The number of rotatable bonds is 5. The number of hydrazine groups is 1. The summed E-state index contributed by atoms with van der Waals surface area (Å²) in [5.41, 5.74) is 4.74. The highest BCUT2D eigenvalue weighted by atomic mass is 35.5. The van der Waals surface area contributed by atoms with Crippen molar-refractivity contribution in [1.82, 2.24) is 5.43 Å². The second kappa shape index (κ2) is 6.61. The van der Waals surface area contributed by atoms with Gasteiger partial charge in [-0.05, 0) is 23.3 Å². The number of ether oxygens (including phenoxy) is 2. The fraction of sp³-hybridized carbons (Fsp3) is 0.200. The lowest BCUT2D eigenvalue weighted by Crippen LogP contribution is -2.28. The van der Waals surface area contributed by atoms with Crippen LogP contribution in [0.5, 0.6) is 11.5 Å². The van der Waals surface area contributed by atoms with Gasteiger partial charge in [-0.2, -0.15) is 0 Å². The highest BCUT2D eigenvalue weighted by Gasteiger charge is 2.17. The first-order valence-corrected chi connectivity index (χ1v) is 6.51. The molecule has 1 atom stereocenters. The number of nitrogens with two attached hydrogens (primary N) is 1. The molecular formula is C15H17ClN2O2. The van der Waals surface area contributed by atoms with E-state index in [1.807, 2.05) is 42.5 Å². The second-order valence-corrected chi connectivity index (χ2v) is 4.66. The van der Waals surface area contributed by atoms with Gasteiger partial charge in [-0.15, -0.1) is 0 Å². The number of nitrogens with one attached hydrogen (secondary N) is 1. The average Bonchev–Trinajstić information content (AvgIpc) is 2.48. The van der Waals surface area contributed by atoms with E-state index in [9.17, 15) is 0 Å². The lowest BCUT2D eigenvalue weighted by Gasteiger charge is -2.19. The molecule has 0 spiro atoms. The topological polar surface area (TPSA) is 56.5 Å². The maximum absolute atomic E-state index is 6.23. The predicted molar refractivity (Wildman–Crippen MR) is 80.2 cm³/mol. The Kier molecular flexibility index (Phi) is 4.84. The zero-order chi connectivity index (χ0) is 14.5. The summed E-state index contributed by atoms with van der Waals surface area (Å²) in [6.07, 6.45) is 0.